The van der Waals surface area contributed by atoms with Crippen molar-refractivity contribution in [3.05, 3.63) is 82.9 Å². The number of hydrogen-bond donors (Lipinski definition) is 3. The molecule has 7 heteroatoms. The summed E-state index contributed by atoms with van der Waals surface area (Å²) in [5, 5.41) is 20.6. The Balaban J connectivity index is 1.67. The van der Waals surface area contributed by atoms with Gasteiger partial charge in [-0.15, -0.1) is 11.3 Å². The minimum atomic E-state index is -0.136. The van der Waals surface area contributed by atoms with Gasteiger partial charge < -0.3 is 20.4 Å². The lowest BCUT2D eigenvalue weighted by Gasteiger charge is -2.08. The van der Waals surface area contributed by atoms with Crippen molar-refractivity contribution in [2.45, 2.75) is 6.92 Å². The van der Waals surface area contributed by atoms with Crippen LogP contribution in [0, 0.1) is 6.92 Å². The van der Waals surface area contributed by atoms with Crippen LogP contribution in [0.5, 0.6) is 11.5 Å². The normalized spacial score (nSPS) is 11.2. The molecule has 32 heavy (non-hydrogen) atoms. The van der Waals surface area contributed by atoms with Crippen molar-refractivity contribution in [2.75, 3.05) is 5.73 Å². The number of aromatic hydroxyl groups is 2. The van der Waals surface area contributed by atoms with Gasteiger partial charge in [0.1, 0.15) is 17.8 Å². The molecular formula is C25H18N2O4S. The lowest BCUT2D eigenvalue weighted by molar-refractivity contribution is 0.104. The first-order valence-corrected chi connectivity index (χ1v) is 10.6. The van der Waals surface area contributed by atoms with Crippen LogP contribution in [0.15, 0.2) is 71.3 Å². The Morgan fingerprint density at radius 1 is 0.969 bits per heavy atom. The van der Waals surface area contributed by atoms with Crippen LogP contribution in [0.25, 0.3) is 32.7 Å². The molecule has 3 aromatic carbocycles. The van der Waals surface area contributed by atoms with Gasteiger partial charge >= 0.3 is 0 Å². The number of benzene rings is 3. The minimum absolute atomic E-state index is 0.114. The molecule has 6 nitrogen and oxygen atoms in total. The molecule has 0 unspecified atom stereocenters. The zero-order valence-corrected chi connectivity index (χ0v) is 17.8. The molecule has 5 aromatic rings. The smallest absolute Gasteiger partial charge is 0.227 e. The van der Waals surface area contributed by atoms with Gasteiger partial charge in [-0.1, -0.05) is 12.1 Å². The third-order valence-corrected chi connectivity index (χ3v) is 6.43. The molecule has 5 rings (SSSR count). The van der Waals surface area contributed by atoms with Crippen LogP contribution in [0.2, 0.25) is 0 Å². The number of nitrogens with two attached hydrogens (primary N) is 1. The number of phenols is 2. The molecule has 158 valence electrons. The molecule has 0 fully saturated rings. The highest BCUT2D eigenvalue weighted by molar-refractivity contribution is 7.21. The number of aryl methyl sites for hydroxylation is 1. The zero-order valence-electron chi connectivity index (χ0n) is 17.0. The van der Waals surface area contributed by atoms with Gasteiger partial charge in [-0.05, 0) is 66.6 Å². The number of rotatable bonds is 4. The van der Waals surface area contributed by atoms with Crippen molar-refractivity contribution >= 4 is 33.0 Å². The highest BCUT2D eigenvalue weighted by Crippen LogP contribution is 2.42. The second kappa shape index (κ2) is 7.55. The molecule has 0 bridgehead atoms. The van der Waals surface area contributed by atoms with Crippen molar-refractivity contribution in [1.82, 2.24) is 4.98 Å². The lowest BCUT2D eigenvalue weighted by Crippen LogP contribution is -2.03. The molecule has 4 N–H and O–H groups in total. The number of aromatic nitrogens is 1. The van der Waals surface area contributed by atoms with E-state index in [0.717, 1.165) is 26.8 Å². The Kier molecular flexibility index (Phi) is 4.68. The maximum Gasteiger partial charge on any atom is 0.227 e. The monoisotopic (exact) mass is 442 g/mol. The van der Waals surface area contributed by atoms with Gasteiger partial charge in [0.2, 0.25) is 11.7 Å². The molecule has 0 aliphatic heterocycles. The first-order chi connectivity index (χ1) is 15.4. The average molecular weight is 442 g/mol. The van der Waals surface area contributed by atoms with E-state index in [-0.39, 0.29) is 17.3 Å². The number of nitrogen functional groups attached to an aromatic ring is 1. The van der Waals surface area contributed by atoms with E-state index in [9.17, 15) is 15.0 Å². The number of nitrogens with zero attached hydrogens (tertiary/aromatic N) is 1. The zero-order chi connectivity index (χ0) is 22.4. The molecule has 0 radical (unpaired) electrons. The van der Waals surface area contributed by atoms with E-state index in [2.05, 4.69) is 4.98 Å². The van der Waals surface area contributed by atoms with Gasteiger partial charge in [-0.25, -0.2) is 0 Å². The van der Waals surface area contributed by atoms with Crippen molar-refractivity contribution < 1.29 is 19.4 Å². The van der Waals surface area contributed by atoms with E-state index in [1.807, 2.05) is 30.3 Å². The summed E-state index contributed by atoms with van der Waals surface area (Å²) in [5.74, 6) is 0.850. The standard InChI is InChI=1S/C25H18N2O4S/c1-13-10-16(28)6-8-18(13)23(30)24-22(19-9-7-17(29)11-20(19)32-24)14-2-4-15(5-3-14)25-27-21(26)12-31-25/h2-12,28-29H,26H2,1H3. The fourth-order valence-corrected chi connectivity index (χ4v) is 4.97. The number of anilines is 1. The SMILES string of the molecule is Cc1cc(O)ccc1C(=O)c1sc2cc(O)ccc2c1-c1ccc(-c2nc(N)co2)cc1. The summed E-state index contributed by atoms with van der Waals surface area (Å²) in [4.78, 5) is 18.3. The number of ketones is 1. The fourth-order valence-electron chi connectivity index (χ4n) is 3.75. The Morgan fingerprint density at radius 3 is 2.34 bits per heavy atom. The minimum Gasteiger partial charge on any atom is -0.508 e. The summed E-state index contributed by atoms with van der Waals surface area (Å²) in [6, 6.07) is 17.4. The summed E-state index contributed by atoms with van der Waals surface area (Å²) in [7, 11) is 0. The third-order valence-electron chi connectivity index (χ3n) is 5.28. The summed E-state index contributed by atoms with van der Waals surface area (Å²) in [6.07, 6.45) is 1.39. The number of thiophene rings is 1. The lowest BCUT2D eigenvalue weighted by atomic mass is 9.95. The van der Waals surface area contributed by atoms with Crippen LogP contribution in [0.1, 0.15) is 20.8 Å². The number of oxazole rings is 1. The van der Waals surface area contributed by atoms with Gasteiger partial charge in [-0.2, -0.15) is 4.98 Å². The second-order valence-electron chi connectivity index (χ2n) is 7.47. The summed E-state index contributed by atoms with van der Waals surface area (Å²) < 4.78 is 6.18. The Morgan fingerprint density at radius 2 is 1.66 bits per heavy atom. The van der Waals surface area contributed by atoms with E-state index >= 15 is 0 Å². The topological polar surface area (TPSA) is 110 Å². The summed E-state index contributed by atoms with van der Waals surface area (Å²) in [6.45, 7) is 1.79. The predicted octanol–water partition coefficient (Wildman–Crippen LogP) is 5.76. The van der Waals surface area contributed by atoms with Crippen LogP contribution in [0.3, 0.4) is 0 Å². The number of fused-ring (bicyclic) bond motifs is 1. The third kappa shape index (κ3) is 3.38. The van der Waals surface area contributed by atoms with Crippen molar-refractivity contribution in [3.63, 3.8) is 0 Å². The highest BCUT2D eigenvalue weighted by atomic mass is 32.1. The Bertz CT molecular complexity index is 1480. The largest absolute Gasteiger partial charge is 0.508 e. The van der Waals surface area contributed by atoms with Gasteiger partial charge in [0.25, 0.3) is 0 Å². The van der Waals surface area contributed by atoms with Crippen LogP contribution in [-0.4, -0.2) is 21.0 Å². The number of carbonyl (C=O) groups excluding carboxylic acids is 1. The van der Waals surface area contributed by atoms with Crippen molar-refractivity contribution in [3.8, 4) is 34.1 Å². The quantitative estimate of drug-likeness (QED) is 0.306. The molecule has 2 heterocycles. The molecule has 0 saturated heterocycles. The van der Waals surface area contributed by atoms with Crippen molar-refractivity contribution in [2.24, 2.45) is 0 Å². The molecule has 0 amide bonds. The fraction of sp³-hybridized carbons (Fsp3) is 0.0400. The van der Waals surface area contributed by atoms with Crippen LogP contribution in [0.4, 0.5) is 5.82 Å². The molecule has 0 saturated carbocycles. The molecular weight excluding hydrogens is 424 g/mol. The highest BCUT2D eigenvalue weighted by Gasteiger charge is 2.23. The first-order valence-electron chi connectivity index (χ1n) is 9.82. The average Bonchev–Trinajstić information content (AvgIpc) is 3.37. The van der Waals surface area contributed by atoms with E-state index in [1.54, 1.807) is 31.2 Å². The maximum atomic E-state index is 13.5. The van der Waals surface area contributed by atoms with Gasteiger partial charge in [0.15, 0.2) is 5.82 Å². The number of carbonyl (C=O) groups is 1. The summed E-state index contributed by atoms with van der Waals surface area (Å²) in [5.41, 5.74) is 9.28. The van der Waals surface area contributed by atoms with E-state index in [4.69, 9.17) is 10.2 Å². The molecule has 2 aromatic heterocycles. The first kappa shape index (κ1) is 19.8. The van der Waals surface area contributed by atoms with Crippen LogP contribution < -0.4 is 5.73 Å². The number of hydrogen-bond acceptors (Lipinski definition) is 7. The van der Waals surface area contributed by atoms with E-state index in [1.165, 1.54) is 23.7 Å². The number of phenolic OH excluding ortho intramolecular Hbond substituents is 2. The van der Waals surface area contributed by atoms with Crippen LogP contribution >= 0.6 is 11.3 Å². The molecule has 0 aliphatic carbocycles. The maximum absolute atomic E-state index is 13.5. The van der Waals surface area contributed by atoms with Gasteiger partial charge in [-0.3, -0.25) is 4.79 Å². The predicted molar refractivity (Wildman–Crippen MR) is 125 cm³/mol. The molecule has 0 atom stereocenters. The van der Waals surface area contributed by atoms with Crippen LogP contribution in [-0.2, 0) is 0 Å². The Hall–Kier alpha value is -4.10. The van der Waals surface area contributed by atoms with E-state index in [0.29, 0.717) is 27.7 Å². The second-order valence-corrected chi connectivity index (χ2v) is 8.52. The molecule has 0 spiro atoms. The van der Waals surface area contributed by atoms with Gasteiger partial charge in [0.05, 0.1) is 4.88 Å². The molecule has 0 aliphatic rings. The summed E-state index contributed by atoms with van der Waals surface area (Å²) >= 11 is 1.33. The van der Waals surface area contributed by atoms with E-state index < -0.39 is 0 Å². The van der Waals surface area contributed by atoms with Gasteiger partial charge in [0, 0.05) is 26.8 Å². The Labute approximate surface area is 187 Å². The van der Waals surface area contributed by atoms with Crippen molar-refractivity contribution in [1.29, 1.82) is 0 Å².